The predicted octanol–water partition coefficient (Wildman–Crippen LogP) is 6.38. The van der Waals surface area contributed by atoms with Crippen LogP contribution in [0.1, 0.15) is 116 Å². The standard InChI is InChI=1S/C21H41NO/c1-2-3-4-5-6-7-8-9-10-11-12-13-14-17-20-18-15-16-19-22-21(20)23/h20H,2-19H2,1H3,(H,22,23). The van der Waals surface area contributed by atoms with E-state index in [0.717, 1.165) is 19.4 Å². The summed E-state index contributed by atoms with van der Waals surface area (Å²) in [7, 11) is 0. The van der Waals surface area contributed by atoms with Crippen molar-refractivity contribution in [3.05, 3.63) is 0 Å². The quantitative estimate of drug-likeness (QED) is 0.369. The van der Waals surface area contributed by atoms with E-state index >= 15 is 0 Å². The van der Waals surface area contributed by atoms with Crippen LogP contribution in [0, 0.1) is 5.92 Å². The third-order valence-corrected chi connectivity index (χ3v) is 5.31. The van der Waals surface area contributed by atoms with E-state index in [0.29, 0.717) is 11.8 Å². The summed E-state index contributed by atoms with van der Waals surface area (Å²) in [6.07, 6.45) is 22.8. The third kappa shape index (κ3) is 11.6. The Hall–Kier alpha value is -0.530. The Morgan fingerprint density at radius 3 is 1.87 bits per heavy atom. The van der Waals surface area contributed by atoms with Crippen LogP contribution >= 0.6 is 0 Å². The first kappa shape index (κ1) is 20.5. The largest absolute Gasteiger partial charge is 0.356 e. The molecular formula is C21H41NO. The Morgan fingerprint density at radius 1 is 0.783 bits per heavy atom. The minimum absolute atomic E-state index is 0.310. The van der Waals surface area contributed by atoms with E-state index in [1.807, 2.05) is 0 Å². The summed E-state index contributed by atoms with van der Waals surface area (Å²) in [6, 6.07) is 0. The van der Waals surface area contributed by atoms with Gasteiger partial charge in [-0.1, -0.05) is 96.8 Å². The van der Waals surface area contributed by atoms with Crippen molar-refractivity contribution in [1.29, 1.82) is 0 Å². The van der Waals surface area contributed by atoms with Gasteiger partial charge in [-0.3, -0.25) is 4.79 Å². The SMILES string of the molecule is CCCCCCCCCCCCCCCC1CCCCNC1=O. The molecule has 0 aromatic carbocycles. The van der Waals surface area contributed by atoms with Crippen molar-refractivity contribution in [1.82, 2.24) is 5.32 Å². The molecule has 23 heavy (non-hydrogen) atoms. The van der Waals surface area contributed by atoms with E-state index in [9.17, 15) is 4.79 Å². The minimum Gasteiger partial charge on any atom is -0.356 e. The Bertz CT molecular complexity index is 277. The molecule has 0 bridgehead atoms. The first-order valence-corrected chi connectivity index (χ1v) is 10.6. The summed E-state index contributed by atoms with van der Waals surface area (Å²) >= 11 is 0. The van der Waals surface area contributed by atoms with Crippen molar-refractivity contribution in [2.24, 2.45) is 5.92 Å². The van der Waals surface area contributed by atoms with E-state index < -0.39 is 0 Å². The second-order valence-corrected chi connectivity index (χ2v) is 7.52. The second kappa shape index (κ2) is 15.0. The van der Waals surface area contributed by atoms with Crippen molar-refractivity contribution in [2.45, 2.75) is 116 Å². The van der Waals surface area contributed by atoms with Gasteiger partial charge in [0, 0.05) is 12.5 Å². The van der Waals surface area contributed by atoms with Crippen molar-refractivity contribution in [3.63, 3.8) is 0 Å². The summed E-state index contributed by atoms with van der Waals surface area (Å²) in [4.78, 5) is 11.9. The Labute approximate surface area is 145 Å². The topological polar surface area (TPSA) is 29.1 Å². The Balaban J connectivity index is 1.80. The first-order valence-electron chi connectivity index (χ1n) is 10.6. The molecule has 2 heteroatoms. The minimum atomic E-state index is 0.310. The first-order chi connectivity index (χ1) is 11.3. The van der Waals surface area contributed by atoms with Gasteiger partial charge in [0.25, 0.3) is 0 Å². The van der Waals surface area contributed by atoms with Gasteiger partial charge in [0.05, 0.1) is 0 Å². The van der Waals surface area contributed by atoms with Gasteiger partial charge in [0.2, 0.25) is 5.91 Å². The van der Waals surface area contributed by atoms with Gasteiger partial charge in [0.15, 0.2) is 0 Å². The smallest absolute Gasteiger partial charge is 0.223 e. The van der Waals surface area contributed by atoms with Crippen molar-refractivity contribution in [3.8, 4) is 0 Å². The molecule has 1 saturated heterocycles. The molecule has 1 heterocycles. The van der Waals surface area contributed by atoms with Crippen molar-refractivity contribution < 1.29 is 4.79 Å². The zero-order valence-electron chi connectivity index (χ0n) is 15.7. The van der Waals surface area contributed by atoms with Crippen LogP contribution in [0.5, 0.6) is 0 Å². The molecule has 0 aromatic rings. The predicted molar refractivity (Wildman–Crippen MR) is 101 cm³/mol. The number of nitrogens with one attached hydrogen (secondary N) is 1. The van der Waals surface area contributed by atoms with Crippen LogP contribution in [0.3, 0.4) is 0 Å². The van der Waals surface area contributed by atoms with Gasteiger partial charge in [-0.15, -0.1) is 0 Å². The van der Waals surface area contributed by atoms with Crippen LogP contribution in [-0.4, -0.2) is 12.5 Å². The van der Waals surface area contributed by atoms with Gasteiger partial charge in [-0.25, -0.2) is 0 Å². The fourth-order valence-corrected chi connectivity index (χ4v) is 3.69. The molecular weight excluding hydrogens is 282 g/mol. The third-order valence-electron chi connectivity index (χ3n) is 5.31. The lowest BCUT2D eigenvalue weighted by atomic mass is 9.95. The lowest BCUT2D eigenvalue weighted by Gasteiger charge is -2.12. The zero-order valence-corrected chi connectivity index (χ0v) is 15.7. The summed E-state index contributed by atoms with van der Waals surface area (Å²) in [6.45, 7) is 3.18. The van der Waals surface area contributed by atoms with Crippen molar-refractivity contribution >= 4 is 5.91 Å². The molecule has 0 spiro atoms. The highest BCUT2D eigenvalue weighted by molar-refractivity contribution is 5.78. The van der Waals surface area contributed by atoms with E-state index in [-0.39, 0.29) is 0 Å². The lowest BCUT2D eigenvalue weighted by molar-refractivity contribution is -0.124. The Kier molecular flexibility index (Phi) is 13.4. The summed E-state index contributed by atoms with van der Waals surface area (Å²) in [5.41, 5.74) is 0. The average Bonchev–Trinajstić information content (AvgIpc) is 2.76. The second-order valence-electron chi connectivity index (χ2n) is 7.52. The van der Waals surface area contributed by atoms with Gasteiger partial charge in [0.1, 0.15) is 0 Å². The number of hydrogen-bond donors (Lipinski definition) is 1. The Morgan fingerprint density at radius 2 is 1.30 bits per heavy atom. The molecule has 0 aliphatic carbocycles. The maximum Gasteiger partial charge on any atom is 0.223 e. The molecule has 1 rings (SSSR count). The highest BCUT2D eigenvalue weighted by Gasteiger charge is 2.19. The number of amides is 1. The normalized spacial score (nSPS) is 18.7. The number of unbranched alkanes of at least 4 members (excludes halogenated alkanes) is 12. The van der Waals surface area contributed by atoms with Gasteiger partial charge in [-0.05, 0) is 19.3 Å². The lowest BCUT2D eigenvalue weighted by Crippen LogP contribution is -2.28. The van der Waals surface area contributed by atoms with E-state index in [1.165, 1.54) is 96.3 Å². The highest BCUT2D eigenvalue weighted by atomic mass is 16.1. The average molecular weight is 324 g/mol. The summed E-state index contributed by atoms with van der Waals surface area (Å²) in [5.74, 6) is 0.631. The van der Waals surface area contributed by atoms with Crippen LogP contribution < -0.4 is 5.32 Å². The number of carbonyl (C=O) groups excluding carboxylic acids is 1. The molecule has 0 saturated carbocycles. The maximum atomic E-state index is 11.9. The van der Waals surface area contributed by atoms with E-state index in [4.69, 9.17) is 0 Å². The molecule has 2 nitrogen and oxygen atoms in total. The molecule has 1 N–H and O–H groups in total. The van der Waals surface area contributed by atoms with Crippen LogP contribution in [-0.2, 0) is 4.79 Å². The summed E-state index contributed by atoms with van der Waals surface area (Å²) in [5, 5.41) is 3.05. The van der Waals surface area contributed by atoms with Gasteiger partial charge in [-0.2, -0.15) is 0 Å². The summed E-state index contributed by atoms with van der Waals surface area (Å²) < 4.78 is 0. The fourth-order valence-electron chi connectivity index (χ4n) is 3.69. The van der Waals surface area contributed by atoms with E-state index in [1.54, 1.807) is 0 Å². The monoisotopic (exact) mass is 323 g/mol. The van der Waals surface area contributed by atoms with Gasteiger partial charge < -0.3 is 5.32 Å². The van der Waals surface area contributed by atoms with Crippen LogP contribution in [0.25, 0.3) is 0 Å². The molecule has 1 aliphatic rings. The number of hydrogen-bond acceptors (Lipinski definition) is 1. The molecule has 0 radical (unpaired) electrons. The molecule has 1 fully saturated rings. The molecule has 1 unspecified atom stereocenters. The van der Waals surface area contributed by atoms with E-state index in [2.05, 4.69) is 12.2 Å². The maximum absolute atomic E-state index is 11.9. The fraction of sp³-hybridized carbons (Fsp3) is 0.952. The molecule has 0 aromatic heterocycles. The number of rotatable bonds is 14. The van der Waals surface area contributed by atoms with Crippen molar-refractivity contribution in [2.75, 3.05) is 6.54 Å². The van der Waals surface area contributed by atoms with Crippen LogP contribution in [0.15, 0.2) is 0 Å². The van der Waals surface area contributed by atoms with Gasteiger partial charge >= 0.3 is 0 Å². The van der Waals surface area contributed by atoms with Crippen LogP contribution in [0.2, 0.25) is 0 Å². The molecule has 1 atom stereocenters. The highest BCUT2D eigenvalue weighted by Crippen LogP contribution is 2.20. The molecule has 136 valence electrons. The zero-order chi connectivity index (χ0) is 16.6. The molecule has 1 amide bonds. The number of carbonyl (C=O) groups is 1. The molecule has 1 aliphatic heterocycles. The van der Waals surface area contributed by atoms with Crippen LogP contribution in [0.4, 0.5) is 0 Å².